The van der Waals surface area contributed by atoms with Crippen LogP contribution in [0.15, 0.2) is 34.9 Å². The highest BCUT2D eigenvalue weighted by molar-refractivity contribution is 9.10. The third kappa shape index (κ3) is 2.22. The fourth-order valence-corrected chi connectivity index (χ4v) is 2.32. The van der Waals surface area contributed by atoms with Crippen LogP contribution in [0.4, 0.5) is 13.2 Å². The first-order valence-electron chi connectivity index (χ1n) is 4.78. The van der Waals surface area contributed by atoms with Crippen molar-refractivity contribution in [3.8, 4) is 11.3 Å². The van der Waals surface area contributed by atoms with Crippen LogP contribution in [0.3, 0.4) is 0 Å². The Bertz CT molecular complexity index is 532. The molecule has 2 nitrogen and oxygen atoms in total. The number of aryl methyl sites for hydroxylation is 1. The van der Waals surface area contributed by atoms with Crippen molar-refractivity contribution in [1.29, 1.82) is 0 Å². The van der Waals surface area contributed by atoms with Crippen molar-refractivity contribution in [3.05, 3.63) is 40.8 Å². The molecule has 0 aliphatic carbocycles. The molecule has 0 N–H and O–H groups in total. The molecule has 0 bridgehead atoms. The van der Waals surface area contributed by atoms with Gasteiger partial charge < -0.3 is 0 Å². The van der Waals surface area contributed by atoms with Gasteiger partial charge in [0.25, 0.3) is 0 Å². The quantitative estimate of drug-likeness (QED) is 0.775. The second kappa shape index (κ2) is 4.18. The first kappa shape index (κ1) is 12.2. The van der Waals surface area contributed by atoms with Crippen LogP contribution in [-0.2, 0) is 6.30 Å². The van der Waals surface area contributed by atoms with Crippen molar-refractivity contribution in [1.82, 2.24) is 9.55 Å². The van der Waals surface area contributed by atoms with E-state index in [2.05, 4.69) is 20.9 Å². The molecular formula is C11H8BrF3N2. The van der Waals surface area contributed by atoms with Gasteiger partial charge in [0, 0.05) is 5.56 Å². The average molecular weight is 305 g/mol. The first-order valence-corrected chi connectivity index (χ1v) is 5.58. The predicted molar refractivity (Wildman–Crippen MR) is 61.4 cm³/mol. The fourth-order valence-electron chi connectivity index (χ4n) is 1.65. The van der Waals surface area contributed by atoms with Gasteiger partial charge in [-0.05, 0) is 22.9 Å². The highest BCUT2D eigenvalue weighted by atomic mass is 79.9. The summed E-state index contributed by atoms with van der Waals surface area (Å²) in [6.45, 7) is 1.32. The van der Waals surface area contributed by atoms with Gasteiger partial charge in [-0.1, -0.05) is 30.3 Å². The second-order valence-electron chi connectivity index (χ2n) is 3.47. The summed E-state index contributed by atoms with van der Waals surface area (Å²) in [6, 6.07) is 8.35. The minimum Gasteiger partial charge on any atom is -0.237 e. The SMILES string of the molecule is Cc1nc(Br)c(-c2ccccc2)n1C(F)(F)F. The van der Waals surface area contributed by atoms with E-state index in [1.807, 2.05) is 0 Å². The molecule has 2 rings (SSSR count). The summed E-state index contributed by atoms with van der Waals surface area (Å²) in [4.78, 5) is 3.81. The van der Waals surface area contributed by atoms with E-state index in [9.17, 15) is 13.2 Å². The van der Waals surface area contributed by atoms with E-state index in [1.165, 1.54) is 6.92 Å². The predicted octanol–water partition coefficient (Wildman–Crippen LogP) is 4.10. The molecule has 0 fully saturated rings. The van der Waals surface area contributed by atoms with Crippen LogP contribution < -0.4 is 0 Å². The van der Waals surface area contributed by atoms with Crippen LogP contribution in [0.2, 0.25) is 0 Å². The number of aromatic nitrogens is 2. The molecular weight excluding hydrogens is 297 g/mol. The maximum absolute atomic E-state index is 12.9. The normalized spacial score (nSPS) is 11.8. The molecule has 0 atom stereocenters. The standard InChI is InChI=1S/C11H8BrF3N2/c1-7-16-10(12)9(17(7)11(13,14)15)8-5-3-2-4-6-8/h2-6H,1H3. The van der Waals surface area contributed by atoms with E-state index >= 15 is 0 Å². The number of alkyl halides is 3. The minimum absolute atomic E-state index is 0.0237. The van der Waals surface area contributed by atoms with E-state index in [1.54, 1.807) is 30.3 Å². The Morgan fingerprint density at radius 2 is 1.76 bits per heavy atom. The fraction of sp³-hybridized carbons (Fsp3) is 0.182. The van der Waals surface area contributed by atoms with Crippen LogP contribution >= 0.6 is 15.9 Å². The number of benzene rings is 1. The maximum atomic E-state index is 12.9. The monoisotopic (exact) mass is 304 g/mol. The van der Waals surface area contributed by atoms with Gasteiger partial charge in [0.15, 0.2) is 0 Å². The topological polar surface area (TPSA) is 17.8 Å². The highest BCUT2D eigenvalue weighted by Gasteiger charge is 2.36. The Hall–Kier alpha value is -1.30. The molecule has 1 aromatic heterocycles. The van der Waals surface area contributed by atoms with Crippen molar-refractivity contribution in [2.45, 2.75) is 13.2 Å². The summed E-state index contributed by atoms with van der Waals surface area (Å²) < 4.78 is 39.2. The smallest absolute Gasteiger partial charge is 0.237 e. The number of hydrogen-bond donors (Lipinski definition) is 0. The summed E-state index contributed by atoms with van der Waals surface area (Å²) in [7, 11) is 0. The summed E-state index contributed by atoms with van der Waals surface area (Å²) in [5.41, 5.74) is 0.493. The Morgan fingerprint density at radius 3 is 2.29 bits per heavy atom. The number of rotatable bonds is 1. The third-order valence-electron chi connectivity index (χ3n) is 2.30. The van der Waals surface area contributed by atoms with Crippen molar-refractivity contribution >= 4 is 15.9 Å². The van der Waals surface area contributed by atoms with E-state index in [0.29, 0.717) is 5.56 Å². The summed E-state index contributed by atoms with van der Waals surface area (Å²) in [6.07, 6.45) is -4.48. The van der Waals surface area contributed by atoms with Gasteiger partial charge in [-0.15, -0.1) is 13.2 Å². The largest absolute Gasteiger partial charge is 0.490 e. The molecule has 0 aliphatic heterocycles. The van der Waals surface area contributed by atoms with Gasteiger partial charge in [0.2, 0.25) is 0 Å². The Morgan fingerprint density at radius 1 is 1.18 bits per heavy atom. The Labute approximate surface area is 104 Å². The number of nitrogens with zero attached hydrogens (tertiary/aromatic N) is 2. The minimum atomic E-state index is -4.48. The van der Waals surface area contributed by atoms with Gasteiger partial charge >= 0.3 is 6.30 Å². The van der Waals surface area contributed by atoms with Gasteiger partial charge in [-0.25, -0.2) is 9.55 Å². The van der Waals surface area contributed by atoms with Crippen molar-refractivity contribution < 1.29 is 13.2 Å². The average Bonchev–Trinajstić information content (AvgIpc) is 2.54. The zero-order chi connectivity index (χ0) is 12.6. The molecule has 0 unspecified atom stereocenters. The lowest BCUT2D eigenvalue weighted by molar-refractivity contribution is -0.203. The molecule has 0 aliphatic rings. The molecule has 2 aromatic rings. The van der Waals surface area contributed by atoms with Gasteiger partial charge in [0.05, 0.1) is 5.69 Å². The molecule has 90 valence electrons. The Kier molecular flexibility index (Phi) is 2.99. The van der Waals surface area contributed by atoms with Crippen molar-refractivity contribution in [2.75, 3.05) is 0 Å². The molecule has 1 heterocycles. The molecule has 1 aromatic carbocycles. The van der Waals surface area contributed by atoms with Crippen LogP contribution in [-0.4, -0.2) is 9.55 Å². The highest BCUT2D eigenvalue weighted by Crippen LogP contribution is 2.36. The maximum Gasteiger partial charge on any atom is 0.490 e. The van der Waals surface area contributed by atoms with E-state index < -0.39 is 6.30 Å². The summed E-state index contributed by atoms with van der Waals surface area (Å²) >= 11 is 3.07. The number of halogens is 4. The third-order valence-corrected chi connectivity index (χ3v) is 2.86. The van der Waals surface area contributed by atoms with Crippen LogP contribution in [0.1, 0.15) is 5.82 Å². The lowest BCUT2D eigenvalue weighted by Gasteiger charge is -2.13. The molecule has 6 heteroatoms. The molecule has 0 radical (unpaired) electrons. The van der Waals surface area contributed by atoms with E-state index in [0.717, 1.165) is 0 Å². The van der Waals surface area contributed by atoms with Crippen molar-refractivity contribution in [3.63, 3.8) is 0 Å². The van der Waals surface area contributed by atoms with Crippen LogP contribution in [0.25, 0.3) is 11.3 Å². The lowest BCUT2D eigenvalue weighted by atomic mass is 10.2. The first-order chi connectivity index (χ1) is 7.91. The summed E-state index contributed by atoms with van der Waals surface area (Å²) in [5.74, 6) is -0.0942. The van der Waals surface area contributed by atoms with Gasteiger partial charge in [-0.3, -0.25) is 0 Å². The van der Waals surface area contributed by atoms with E-state index in [-0.39, 0.29) is 20.7 Å². The molecule has 0 amide bonds. The van der Waals surface area contributed by atoms with Crippen LogP contribution in [0, 0.1) is 6.92 Å². The number of hydrogen-bond acceptors (Lipinski definition) is 1. The van der Waals surface area contributed by atoms with E-state index in [4.69, 9.17) is 0 Å². The second-order valence-corrected chi connectivity index (χ2v) is 4.22. The van der Waals surface area contributed by atoms with Gasteiger partial charge in [0.1, 0.15) is 10.4 Å². The zero-order valence-electron chi connectivity index (χ0n) is 8.79. The molecule has 0 saturated heterocycles. The van der Waals surface area contributed by atoms with Crippen molar-refractivity contribution in [2.24, 2.45) is 0 Å². The molecule has 17 heavy (non-hydrogen) atoms. The molecule has 0 spiro atoms. The summed E-state index contributed by atoms with van der Waals surface area (Å²) in [5, 5.41) is 0. The Balaban J connectivity index is 2.70. The number of imidazole rings is 1. The zero-order valence-corrected chi connectivity index (χ0v) is 10.4. The molecule has 0 saturated carbocycles. The van der Waals surface area contributed by atoms with Gasteiger partial charge in [-0.2, -0.15) is 0 Å². The lowest BCUT2D eigenvalue weighted by Crippen LogP contribution is -2.19. The van der Waals surface area contributed by atoms with Crippen LogP contribution in [0.5, 0.6) is 0 Å².